The molecule has 1 aliphatic carbocycles. The predicted octanol–water partition coefficient (Wildman–Crippen LogP) is 1.80. The summed E-state index contributed by atoms with van der Waals surface area (Å²) < 4.78 is 0. The quantitative estimate of drug-likeness (QED) is 0.278. The van der Waals surface area contributed by atoms with E-state index < -0.39 is 0 Å². The van der Waals surface area contributed by atoms with Crippen molar-refractivity contribution in [3.63, 3.8) is 0 Å². The number of nitrogens with zero attached hydrogens (tertiary/aromatic N) is 1. The van der Waals surface area contributed by atoms with Crippen LogP contribution in [0.2, 0.25) is 0 Å². The molecule has 0 aliphatic heterocycles. The monoisotopic (exact) mass is 147 g/mol. The van der Waals surface area contributed by atoms with Crippen molar-refractivity contribution in [3.05, 3.63) is 0 Å². The summed E-state index contributed by atoms with van der Waals surface area (Å²) in [7, 11) is 0. The summed E-state index contributed by atoms with van der Waals surface area (Å²) in [5.74, 6) is 0. The van der Waals surface area contributed by atoms with Crippen LogP contribution in [0.25, 0.3) is 0 Å². The van der Waals surface area contributed by atoms with Crippen LogP contribution in [-0.2, 0) is 0 Å². The van der Waals surface area contributed by atoms with E-state index in [1.165, 1.54) is 19.3 Å². The lowest BCUT2D eigenvalue weighted by Crippen LogP contribution is -2.03. The van der Waals surface area contributed by atoms with Gasteiger partial charge in [0.15, 0.2) is 0 Å². The first-order valence-corrected chi connectivity index (χ1v) is 3.33. The molecule has 0 atom stereocenters. The molecule has 1 rings (SSSR count). The van der Waals surface area contributed by atoms with Gasteiger partial charge in [0.1, 0.15) is 0 Å². The molecule has 0 spiro atoms. The highest BCUT2D eigenvalue weighted by Crippen LogP contribution is 2.13. The van der Waals surface area contributed by atoms with Crippen LogP contribution in [0.3, 0.4) is 0 Å². The van der Waals surface area contributed by atoms with E-state index in [4.69, 9.17) is 15.7 Å². The van der Waals surface area contributed by atoms with E-state index in [0.29, 0.717) is 0 Å². The fraction of sp³-hybridized carbons (Fsp3) is 0.833. The molecule has 1 aliphatic rings. The first-order valence-electron chi connectivity index (χ1n) is 3.33. The molecule has 3 N–H and O–H groups in total. The maximum absolute atomic E-state index is 8.28. The number of hydrogen-bond donors (Lipinski definition) is 3. The van der Waals surface area contributed by atoms with Crippen LogP contribution < -0.4 is 0 Å². The average molecular weight is 147 g/mol. The molecule has 4 heteroatoms. The topological polar surface area (TPSA) is 73.1 Å². The van der Waals surface area contributed by atoms with Crippen molar-refractivity contribution in [3.8, 4) is 0 Å². The first-order chi connectivity index (χ1) is 4.93. The van der Waals surface area contributed by atoms with Crippen LogP contribution in [0.5, 0.6) is 0 Å². The zero-order chi connectivity index (χ0) is 7.82. The zero-order valence-corrected chi connectivity index (χ0v) is 5.82. The summed E-state index contributed by atoms with van der Waals surface area (Å²) in [5, 5.41) is 23.4. The van der Waals surface area contributed by atoms with Crippen LogP contribution in [0, 0.1) is 0 Å². The zero-order valence-electron chi connectivity index (χ0n) is 5.82. The van der Waals surface area contributed by atoms with Crippen molar-refractivity contribution in [1.82, 2.24) is 0 Å². The lowest BCUT2D eigenvalue weighted by atomic mass is 9.99. The maximum atomic E-state index is 8.28. The Bertz CT molecular complexity index is 95.2. The van der Waals surface area contributed by atoms with Gasteiger partial charge in [0.2, 0.25) is 0 Å². The molecule has 0 bridgehead atoms. The average Bonchev–Trinajstić information content (AvgIpc) is 2.10. The molecule has 1 saturated carbocycles. The first kappa shape index (κ1) is 9.39. The third kappa shape index (κ3) is 3.42. The van der Waals surface area contributed by atoms with Gasteiger partial charge in [-0.2, -0.15) is 0 Å². The highest BCUT2D eigenvalue weighted by Gasteiger charge is 2.05. The van der Waals surface area contributed by atoms with Gasteiger partial charge in [0.05, 0.1) is 5.71 Å². The lowest BCUT2D eigenvalue weighted by Gasteiger charge is -2.08. The Hall–Kier alpha value is -0.610. The van der Waals surface area contributed by atoms with E-state index >= 15 is 0 Å². The van der Waals surface area contributed by atoms with Gasteiger partial charge in [-0.05, 0) is 25.7 Å². The largest absolute Gasteiger partial charge is 0.411 e. The van der Waals surface area contributed by atoms with Gasteiger partial charge in [-0.3, -0.25) is 10.5 Å². The summed E-state index contributed by atoms with van der Waals surface area (Å²) in [5.41, 5.74) is 0.983. The second-order valence-corrected chi connectivity index (χ2v) is 2.23. The Labute approximate surface area is 59.7 Å². The van der Waals surface area contributed by atoms with Gasteiger partial charge in [0, 0.05) is 0 Å². The van der Waals surface area contributed by atoms with Crippen molar-refractivity contribution in [2.24, 2.45) is 5.16 Å². The molecule has 4 nitrogen and oxygen atoms in total. The second-order valence-electron chi connectivity index (χ2n) is 2.23. The summed E-state index contributed by atoms with van der Waals surface area (Å²) in [6.07, 6.45) is 5.74. The van der Waals surface area contributed by atoms with Crippen molar-refractivity contribution in [1.29, 1.82) is 0 Å². The van der Waals surface area contributed by atoms with E-state index in [1.807, 2.05) is 0 Å². The van der Waals surface area contributed by atoms with Crippen LogP contribution in [-0.4, -0.2) is 21.4 Å². The molecular formula is C6H13NO3. The molecule has 0 saturated heterocycles. The van der Waals surface area contributed by atoms with Crippen LogP contribution in [0.15, 0.2) is 5.16 Å². The van der Waals surface area contributed by atoms with Gasteiger partial charge in [-0.15, -0.1) is 0 Å². The normalized spacial score (nSPS) is 17.2. The van der Waals surface area contributed by atoms with Crippen molar-refractivity contribution >= 4 is 5.71 Å². The number of rotatable bonds is 0. The van der Waals surface area contributed by atoms with Gasteiger partial charge < -0.3 is 5.21 Å². The highest BCUT2D eigenvalue weighted by atomic mass is 17.0. The SMILES string of the molecule is ON=C1CCCCC1.OO. The molecule has 0 radical (unpaired) electrons. The molecule has 0 aromatic rings. The van der Waals surface area contributed by atoms with Crippen LogP contribution in [0.1, 0.15) is 32.1 Å². The van der Waals surface area contributed by atoms with E-state index in [9.17, 15) is 0 Å². The minimum atomic E-state index is 0.983. The van der Waals surface area contributed by atoms with Crippen molar-refractivity contribution in [2.75, 3.05) is 0 Å². The highest BCUT2D eigenvalue weighted by molar-refractivity contribution is 5.84. The second kappa shape index (κ2) is 6.51. The van der Waals surface area contributed by atoms with Gasteiger partial charge >= 0.3 is 0 Å². The Morgan fingerprint density at radius 1 is 1.00 bits per heavy atom. The molecular weight excluding hydrogens is 134 g/mol. The molecule has 0 heterocycles. The molecule has 0 aromatic carbocycles. The molecule has 0 amide bonds. The predicted molar refractivity (Wildman–Crippen MR) is 37.6 cm³/mol. The summed E-state index contributed by atoms with van der Waals surface area (Å²) in [6, 6.07) is 0. The van der Waals surface area contributed by atoms with Crippen molar-refractivity contribution < 1.29 is 15.7 Å². The fourth-order valence-corrected chi connectivity index (χ4v) is 1.06. The molecule has 0 aromatic heterocycles. The Kier molecular flexibility index (Phi) is 6.11. The summed E-state index contributed by atoms with van der Waals surface area (Å²) in [4.78, 5) is 0. The smallest absolute Gasteiger partial charge is 0.0570 e. The maximum Gasteiger partial charge on any atom is 0.0570 e. The Morgan fingerprint density at radius 3 is 1.80 bits per heavy atom. The van der Waals surface area contributed by atoms with Crippen molar-refractivity contribution in [2.45, 2.75) is 32.1 Å². The number of oxime groups is 1. The minimum Gasteiger partial charge on any atom is -0.411 e. The Morgan fingerprint density at radius 2 is 1.50 bits per heavy atom. The van der Waals surface area contributed by atoms with E-state index in [2.05, 4.69) is 5.16 Å². The van der Waals surface area contributed by atoms with E-state index in [0.717, 1.165) is 18.6 Å². The molecule has 60 valence electrons. The standard InChI is InChI=1S/C6H11NO.H2O2/c8-7-6-4-2-1-3-5-6;1-2/h8H,1-5H2;1-2H. The summed E-state index contributed by atoms with van der Waals surface area (Å²) in [6.45, 7) is 0. The third-order valence-electron chi connectivity index (χ3n) is 1.57. The van der Waals surface area contributed by atoms with Gasteiger partial charge in [0.25, 0.3) is 0 Å². The van der Waals surface area contributed by atoms with Gasteiger partial charge in [-0.1, -0.05) is 11.6 Å². The van der Waals surface area contributed by atoms with Crippen LogP contribution in [0.4, 0.5) is 0 Å². The molecule has 0 unspecified atom stereocenters. The summed E-state index contributed by atoms with van der Waals surface area (Å²) >= 11 is 0. The Balaban J connectivity index is 0.000000371. The van der Waals surface area contributed by atoms with E-state index in [-0.39, 0.29) is 0 Å². The lowest BCUT2D eigenvalue weighted by molar-refractivity contribution is -0.176. The van der Waals surface area contributed by atoms with E-state index in [1.54, 1.807) is 0 Å². The number of hydrogen-bond acceptors (Lipinski definition) is 4. The molecule has 10 heavy (non-hydrogen) atoms. The molecule has 1 fully saturated rings. The van der Waals surface area contributed by atoms with Crippen LogP contribution >= 0.6 is 0 Å². The third-order valence-corrected chi connectivity index (χ3v) is 1.57. The minimum absolute atomic E-state index is 0.983. The fourth-order valence-electron chi connectivity index (χ4n) is 1.06. The van der Waals surface area contributed by atoms with Gasteiger partial charge in [-0.25, -0.2) is 0 Å².